The van der Waals surface area contributed by atoms with Crippen molar-refractivity contribution >= 4 is 10.9 Å². The molecule has 0 bridgehead atoms. The Bertz CT molecular complexity index is 1380. The average Bonchev–Trinajstić information content (AvgIpc) is 3.49. The number of rotatable bonds is 5. The van der Waals surface area contributed by atoms with Gasteiger partial charge in [-0.05, 0) is 41.0 Å². The Morgan fingerprint density at radius 1 is 1.09 bits per heavy atom. The van der Waals surface area contributed by atoms with E-state index in [1.807, 2.05) is 42.5 Å². The highest BCUT2D eigenvalue weighted by Gasteiger charge is 2.33. The van der Waals surface area contributed by atoms with Crippen LogP contribution in [-0.4, -0.2) is 61.2 Å². The highest BCUT2D eigenvalue weighted by Crippen LogP contribution is 2.36. The lowest BCUT2D eigenvalue weighted by atomic mass is 9.99. The van der Waals surface area contributed by atoms with E-state index in [0.29, 0.717) is 60.9 Å². The zero-order valence-corrected chi connectivity index (χ0v) is 18.4. The van der Waals surface area contributed by atoms with Gasteiger partial charge in [-0.15, -0.1) is 5.10 Å². The molecule has 10 nitrogen and oxygen atoms in total. The van der Waals surface area contributed by atoms with Crippen LogP contribution >= 0.6 is 0 Å². The first-order valence-electron chi connectivity index (χ1n) is 11.3. The van der Waals surface area contributed by atoms with E-state index >= 15 is 0 Å². The maximum absolute atomic E-state index is 13.4. The number of aliphatic hydroxyl groups is 1. The van der Waals surface area contributed by atoms with E-state index in [0.717, 1.165) is 10.9 Å². The van der Waals surface area contributed by atoms with Gasteiger partial charge in [0.05, 0.1) is 18.2 Å². The molecule has 1 atom stereocenters. The van der Waals surface area contributed by atoms with Crippen molar-refractivity contribution in [2.75, 3.05) is 19.9 Å². The summed E-state index contributed by atoms with van der Waals surface area (Å²) in [7, 11) is 0. The number of nitrogens with zero attached hydrogens (tertiary/aromatic N) is 5. The average molecular weight is 460 g/mol. The van der Waals surface area contributed by atoms with Gasteiger partial charge in [0.25, 0.3) is 5.56 Å². The third-order valence-electron chi connectivity index (χ3n) is 6.50. The minimum absolute atomic E-state index is 0.162. The first kappa shape index (κ1) is 20.8. The number of aliphatic hydroxyl groups excluding tert-OH is 1. The summed E-state index contributed by atoms with van der Waals surface area (Å²) in [5.41, 5.74) is 2.07. The molecule has 2 N–H and O–H groups in total. The highest BCUT2D eigenvalue weighted by molar-refractivity contribution is 5.83. The Morgan fingerprint density at radius 3 is 2.65 bits per heavy atom. The number of aromatic amines is 1. The Kier molecular flexibility index (Phi) is 5.23. The summed E-state index contributed by atoms with van der Waals surface area (Å²) < 4.78 is 12.7. The standard InChI is InChI=1S/C24H24N6O4/c31-17-6-8-29(9-7-17)22(23-26-27-28-30(23)13-15-4-2-1-3-5-15)18-10-16-11-20-21(34-14-33-20)12-19(16)25-24(18)32/h1-5,10-12,17,22,31H,6-9,13-14H2,(H,25,32)/t22-/m0/s1. The van der Waals surface area contributed by atoms with Crippen LogP contribution in [0.15, 0.2) is 53.3 Å². The summed E-state index contributed by atoms with van der Waals surface area (Å²) in [5, 5.41) is 23.5. The number of likely N-dealkylation sites (tertiary alicyclic amines) is 1. The molecule has 0 amide bonds. The van der Waals surface area contributed by atoms with Crippen LogP contribution in [0.4, 0.5) is 0 Å². The molecule has 0 saturated carbocycles. The molecule has 0 unspecified atom stereocenters. The second kappa shape index (κ2) is 8.54. The number of H-pyrrole nitrogens is 1. The normalized spacial score (nSPS) is 17.3. The molecule has 2 aromatic carbocycles. The largest absolute Gasteiger partial charge is 0.454 e. The number of benzene rings is 2. The number of hydrogen-bond donors (Lipinski definition) is 2. The summed E-state index contributed by atoms with van der Waals surface area (Å²) in [6.45, 7) is 1.90. The molecule has 10 heteroatoms. The predicted octanol–water partition coefficient (Wildman–Crippen LogP) is 1.84. The summed E-state index contributed by atoms with van der Waals surface area (Å²) in [5.74, 6) is 1.85. The fraction of sp³-hybridized carbons (Fsp3) is 0.333. The Morgan fingerprint density at radius 2 is 1.85 bits per heavy atom. The molecule has 1 fully saturated rings. The molecule has 1 saturated heterocycles. The van der Waals surface area contributed by atoms with E-state index in [1.54, 1.807) is 10.7 Å². The van der Waals surface area contributed by atoms with Crippen molar-refractivity contribution in [2.24, 2.45) is 0 Å². The van der Waals surface area contributed by atoms with Gasteiger partial charge in [0.2, 0.25) is 6.79 Å². The topological polar surface area (TPSA) is 118 Å². The number of hydrogen-bond acceptors (Lipinski definition) is 8. The van der Waals surface area contributed by atoms with Crippen molar-refractivity contribution < 1.29 is 14.6 Å². The number of ether oxygens (including phenoxy) is 2. The number of nitrogens with one attached hydrogen (secondary N) is 1. The Labute approximate surface area is 194 Å². The van der Waals surface area contributed by atoms with Gasteiger partial charge in [0.1, 0.15) is 6.04 Å². The van der Waals surface area contributed by atoms with Crippen molar-refractivity contribution in [3.05, 3.63) is 75.8 Å². The van der Waals surface area contributed by atoms with Crippen LogP contribution < -0.4 is 15.0 Å². The molecule has 0 aliphatic carbocycles. The summed E-state index contributed by atoms with van der Waals surface area (Å²) >= 11 is 0. The van der Waals surface area contributed by atoms with E-state index in [-0.39, 0.29) is 18.5 Å². The second-order valence-corrected chi connectivity index (χ2v) is 8.70. The first-order chi connectivity index (χ1) is 16.7. The fourth-order valence-electron chi connectivity index (χ4n) is 4.74. The molecule has 2 aliphatic rings. The molecule has 4 heterocycles. The lowest BCUT2D eigenvalue weighted by Gasteiger charge is -2.35. The van der Waals surface area contributed by atoms with Crippen LogP contribution in [0.1, 0.15) is 35.8 Å². The predicted molar refractivity (Wildman–Crippen MR) is 123 cm³/mol. The van der Waals surface area contributed by atoms with Gasteiger partial charge in [-0.3, -0.25) is 9.69 Å². The van der Waals surface area contributed by atoms with Crippen LogP contribution in [0.25, 0.3) is 10.9 Å². The van der Waals surface area contributed by atoms with Gasteiger partial charge >= 0.3 is 0 Å². The van der Waals surface area contributed by atoms with Crippen LogP contribution in [0, 0.1) is 0 Å². The highest BCUT2D eigenvalue weighted by atomic mass is 16.7. The molecule has 2 aromatic heterocycles. The third-order valence-corrected chi connectivity index (χ3v) is 6.50. The van der Waals surface area contributed by atoms with Crippen LogP contribution in [0.2, 0.25) is 0 Å². The van der Waals surface area contributed by atoms with Gasteiger partial charge in [-0.25, -0.2) is 4.68 Å². The number of aromatic nitrogens is 5. The zero-order chi connectivity index (χ0) is 23.1. The smallest absolute Gasteiger partial charge is 0.253 e. The first-order valence-corrected chi connectivity index (χ1v) is 11.3. The lowest BCUT2D eigenvalue weighted by Crippen LogP contribution is -2.41. The van der Waals surface area contributed by atoms with Crippen molar-refractivity contribution in [1.82, 2.24) is 30.1 Å². The SMILES string of the molecule is O=c1[nH]c2cc3c(cc2cc1[C@@H](c1nnnn1Cc1ccccc1)N1CCC(O)CC1)OCO3. The summed E-state index contributed by atoms with van der Waals surface area (Å²) in [4.78, 5) is 18.5. The monoisotopic (exact) mass is 460 g/mol. The Balaban J connectivity index is 1.46. The second-order valence-electron chi connectivity index (χ2n) is 8.70. The van der Waals surface area contributed by atoms with Gasteiger partial charge in [0.15, 0.2) is 17.3 Å². The van der Waals surface area contributed by atoms with Crippen molar-refractivity contribution in [1.29, 1.82) is 0 Å². The molecule has 174 valence electrons. The molecular weight excluding hydrogens is 436 g/mol. The van der Waals surface area contributed by atoms with Gasteiger partial charge in [-0.2, -0.15) is 0 Å². The van der Waals surface area contributed by atoms with Crippen molar-refractivity contribution in [2.45, 2.75) is 31.5 Å². The quantitative estimate of drug-likeness (QED) is 0.463. The van der Waals surface area contributed by atoms with E-state index in [4.69, 9.17) is 9.47 Å². The number of tetrazole rings is 1. The third kappa shape index (κ3) is 3.80. The van der Waals surface area contributed by atoms with E-state index in [9.17, 15) is 9.90 Å². The maximum Gasteiger partial charge on any atom is 0.253 e. The minimum Gasteiger partial charge on any atom is -0.454 e. The van der Waals surface area contributed by atoms with Crippen molar-refractivity contribution in [3.8, 4) is 11.5 Å². The van der Waals surface area contributed by atoms with Crippen molar-refractivity contribution in [3.63, 3.8) is 0 Å². The lowest BCUT2D eigenvalue weighted by molar-refractivity contribution is 0.0659. The Hall–Kier alpha value is -3.76. The molecular formula is C24H24N6O4. The van der Waals surface area contributed by atoms with E-state index in [2.05, 4.69) is 25.4 Å². The number of pyridine rings is 1. The van der Waals surface area contributed by atoms with Gasteiger partial charge < -0.3 is 19.6 Å². The number of piperidine rings is 1. The molecule has 34 heavy (non-hydrogen) atoms. The zero-order valence-electron chi connectivity index (χ0n) is 18.4. The molecule has 0 spiro atoms. The molecule has 0 radical (unpaired) electrons. The van der Waals surface area contributed by atoms with Crippen LogP contribution in [0.5, 0.6) is 11.5 Å². The molecule has 2 aliphatic heterocycles. The molecule has 4 aromatic rings. The van der Waals surface area contributed by atoms with Crippen LogP contribution in [0.3, 0.4) is 0 Å². The maximum atomic E-state index is 13.4. The summed E-state index contributed by atoms with van der Waals surface area (Å²) in [6, 6.07) is 15.0. The van der Waals surface area contributed by atoms with Gasteiger partial charge in [0, 0.05) is 30.1 Å². The van der Waals surface area contributed by atoms with E-state index in [1.165, 1.54) is 0 Å². The fourth-order valence-corrected chi connectivity index (χ4v) is 4.74. The summed E-state index contributed by atoms with van der Waals surface area (Å²) in [6.07, 6.45) is 0.911. The molecule has 6 rings (SSSR count). The van der Waals surface area contributed by atoms with Gasteiger partial charge in [-0.1, -0.05) is 30.3 Å². The van der Waals surface area contributed by atoms with Crippen LogP contribution in [-0.2, 0) is 6.54 Å². The minimum atomic E-state index is -0.468. The van der Waals surface area contributed by atoms with E-state index < -0.39 is 6.04 Å². The number of fused-ring (bicyclic) bond motifs is 2.